The predicted octanol–water partition coefficient (Wildman–Crippen LogP) is 4.28. The van der Waals surface area contributed by atoms with Gasteiger partial charge in [0.1, 0.15) is 25.4 Å². The fraction of sp³-hybridized carbons (Fsp3) is 0.486. The van der Waals surface area contributed by atoms with Crippen LogP contribution in [0.15, 0.2) is 60.7 Å². The smallest absolute Gasteiger partial charge is 0.450 e. The second-order valence-electron chi connectivity index (χ2n) is 12.4. The van der Waals surface area contributed by atoms with Crippen molar-refractivity contribution in [2.24, 2.45) is 5.73 Å². The van der Waals surface area contributed by atoms with Crippen LogP contribution in [0.2, 0.25) is 0 Å². The first kappa shape index (κ1) is 41.0. The highest BCUT2D eigenvalue weighted by molar-refractivity contribution is 5.86. The van der Waals surface area contributed by atoms with Crippen molar-refractivity contribution in [3.8, 4) is 0 Å². The molecule has 2 rings (SSSR count). The van der Waals surface area contributed by atoms with Gasteiger partial charge in [-0.05, 0) is 44.7 Å². The summed E-state index contributed by atoms with van der Waals surface area (Å²) in [5, 5.41) is 7.48. The van der Waals surface area contributed by atoms with Gasteiger partial charge in [0, 0.05) is 13.0 Å². The van der Waals surface area contributed by atoms with Crippen LogP contribution in [-0.2, 0) is 41.8 Å². The van der Waals surface area contributed by atoms with Crippen LogP contribution in [0.4, 0.5) is 19.2 Å². The van der Waals surface area contributed by atoms with Crippen molar-refractivity contribution in [1.82, 2.24) is 16.0 Å². The van der Waals surface area contributed by atoms with Gasteiger partial charge in [-0.15, -0.1) is 4.48 Å². The lowest BCUT2D eigenvalue weighted by Crippen LogP contribution is -2.69. The first-order valence-electron chi connectivity index (χ1n) is 16.5. The van der Waals surface area contributed by atoms with Crippen LogP contribution in [0.3, 0.4) is 0 Å². The molecule has 0 heterocycles. The number of alkyl carbamates (subject to hydrolysis) is 2. The first-order valence-corrected chi connectivity index (χ1v) is 16.5. The molecule has 0 aromatic heterocycles. The minimum atomic E-state index is -1.52. The molecule has 1 unspecified atom stereocenters. The van der Waals surface area contributed by atoms with Gasteiger partial charge >= 0.3 is 24.4 Å². The summed E-state index contributed by atoms with van der Waals surface area (Å²) in [6, 6.07) is 16.2. The average molecular weight is 701 g/mol. The molecule has 0 aliphatic heterocycles. The number of primary amides is 1. The lowest BCUT2D eigenvalue weighted by molar-refractivity contribution is -0.803. The van der Waals surface area contributed by atoms with Crippen LogP contribution in [-0.4, -0.2) is 85.1 Å². The van der Waals surface area contributed by atoms with Crippen molar-refractivity contribution in [3.05, 3.63) is 71.8 Å². The molecule has 2 aromatic carbocycles. The third kappa shape index (κ3) is 14.5. The zero-order valence-electron chi connectivity index (χ0n) is 29.2. The molecule has 0 fully saturated rings. The molecule has 0 aliphatic carbocycles. The number of carbonyl (C=O) groups is 6. The fourth-order valence-corrected chi connectivity index (χ4v) is 4.63. The Morgan fingerprint density at radius 2 is 1.32 bits per heavy atom. The Labute approximate surface area is 292 Å². The summed E-state index contributed by atoms with van der Waals surface area (Å²) in [6.45, 7) is 5.59. The number of amides is 6. The van der Waals surface area contributed by atoms with Crippen LogP contribution in [0.5, 0.6) is 0 Å². The van der Waals surface area contributed by atoms with E-state index in [1.807, 2.05) is 13.0 Å². The van der Waals surface area contributed by atoms with E-state index in [1.165, 1.54) is 0 Å². The molecule has 2 aromatic rings. The van der Waals surface area contributed by atoms with E-state index in [-0.39, 0.29) is 52.3 Å². The zero-order chi connectivity index (χ0) is 37.0. The molecule has 15 heteroatoms. The van der Waals surface area contributed by atoms with Crippen molar-refractivity contribution in [2.75, 3.05) is 32.8 Å². The molecule has 0 spiro atoms. The summed E-state index contributed by atoms with van der Waals surface area (Å²) < 4.78 is 20.2. The van der Waals surface area contributed by atoms with Crippen LogP contribution in [0.1, 0.15) is 64.5 Å². The summed E-state index contributed by atoms with van der Waals surface area (Å²) in [6.07, 6.45) is -2.41. The molecule has 15 nitrogen and oxygen atoms in total. The van der Waals surface area contributed by atoms with Crippen molar-refractivity contribution in [2.45, 2.75) is 78.2 Å². The summed E-state index contributed by atoms with van der Waals surface area (Å²) in [5.41, 5.74) is 6.16. The minimum Gasteiger partial charge on any atom is -0.450 e. The maximum atomic E-state index is 14.0. The highest BCUT2D eigenvalue weighted by atomic mass is 16.6. The standard InChI is InChI=1S/C35H49N5O10/c1-5-6-22-47-31(43)38-20-21-40(34(46)50-35(2,3)4,33(45)49-25-27-16-11-8-12-17-27)28(30(36)42)18-13-19-37-29(41)23-39-32(44)48-24-26-14-9-7-10-15-26/h7-12,14-17,28H,5-6,13,18-25H2,1-4H3,(H4-,36,37,38,39,41,42,43,44)/p+1/t28-,40?/m0/s1. The van der Waals surface area contributed by atoms with E-state index >= 15 is 0 Å². The number of hydrogen-bond acceptors (Lipinski definition) is 10. The van der Waals surface area contributed by atoms with Crippen molar-refractivity contribution in [1.29, 1.82) is 0 Å². The molecular formula is C35H50N5O10+. The van der Waals surface area contributed by atoms with Gasteiger partial charge in [-0.1, -0.05) is 74.0 Å². The van der Waals surface area contributed by atoms with Crippen LogP contribution < -0.4 is 21.7 Å². The van der Waals surface area contributed by atoms with E-state index in [1.54, 1.807) is 75.4 Å². The molecule has 0 radical (unpaired) electrons. The van der Waals surface area contributed by atoms with Crippen LogP contribution in [0, 0.1) is 0 Å². The van der Waals surface area contributed by atoms with Crippen molar-refractivity contribution < 1.29 is 52.2 Å². The number of nitrogens with zero attached hydrogens (tertiary/aromatic N) is 1. The quantitative estimate of drug-likeness (QED) is 0.0988. The van der Waals surface area contributed by atoms with E-state index in [0.29, 0.717) is 12.0 Å². The number of quaternary nitrogens is 1. The highest BCUT2D eigenvalue weighted by Gasteiger charge is 2.57. The molecule has 5 N–H and O–H groups in total. The van der Waals surface area contributed by atoms with Gasteiger partial charge in [-0.2, -0.15) is 9.59 Å². The number of carbonyl (C=O) groups excluding carboxylic acids is 6. The lowest BCUT2D eigenvalue weighted by atomic mass is 10.1. The number of rotatable bonds is 18. The Morgan fingerprint density at radius 3 is 1.88 bits per heavy atom. The Balaban J connectivity index is 2.19. The average Bonchev–Trinajstić information content (AvgIpc) is 3.07. The largest absolute Gasteiger partial charge is 0.527 e. The number of nitrogens with one attached hydrogen (secondary N) is 3. The third-order valence-electron chi connectivity index (χ3n) is 7.16. The van der Waals surface area contributed by atoms with Gasteiger partial charge in [-0.25, -0.2) is 9.59 Å². The first-order chi connectivity index (χ1) is 23.8. The summed E-state index contributed by atoms with van der Waals surface area (Å²) in [7, 11) is 0. The monoisotopic (exact) mass is 700 g/mol. The van der Waals surface area contributed by atoms with E-state index in [0.717, 1.165) is 12.0 Å². The normalized spacial score (nSPS) is 12.7. The molecular weight excluding hydrogens is 650 g/mol. The number of imide groups is 1. The Hall–Kier alpha value is -5.18. The van der Waals surface area contributed by atoms with Gasteiger partial charge in [0.15, 0.2) is 6.04 Å². The van der Waals surface area contributed by atoms with E-state index in [2.05, 4.69) is 16.0 Å². The topological polar surface area (TPSA) is 201 Å². The molecule has 50 heavy (non-hydrogen) atoms. The lowest BCUT2D eigenvalue weighted by Gasteiger charge is -2.37. The Morgan fingerprint density at radius 1 is 0.740 bits per heavy atom. The molecule has 0 aliphatic rings. The molecule has 0 saturated carbocycles. The van der Waals surface area contributed by atoms with Crippen LogP contribution >= 0.6 is 0 Å². The minimum absolute atomic E-state index is 0.00125. The number of nitrogens with two attached hydrogens (primary N) is 1. The maximum absolute atomic E-state index is 14.0. The van der Waals surface area contributed by atoms with E-state index in [4.69, 9.17) is 24.7 Å². The SMILES string of the molecule is CCCCOC(=O)NCC[N+](C(=O)OCc1ccccc1)(C(=O)OC(C)(C)C)[C@@H](CCCNC(=O)CNC(=O)OCc1ccccc1)C(N)=O. The zero-order valence-corrected chi connectivity index (χ0v) is 29.2. The van der Waals surface area contributed by atoms with Crippen LogP contribution in [0.25, 0.3) is 0 Å². The highest BCUT2D eigenvalue weighted by Crippen LogP contribution is 2.26. The second-order valence-corrected chi connectivity index (χ2v) is 12.4. The summed E-state index contributed by atoms with van der Waals surface area (Å²) in [4.78, 5) is 77.8. The Bertz CT molecular complexity index is 1400. The molecule has 274 valence electrons. The number of ether oxygens (including phenoxy) is 4. The number of benzene rings is 2. The van der Waals surface area contributed by atoms with Crippen molar-refractivity contribution in [3.63, 3.8) is 0 Å². The van der Waals surface area contributed by atoms with Gasteiger partial charge in [0.25, 0.3) is 5.91 Å². The molecule has 0 saturated heterocycles. The van der Waals surface area contributed by atoms with Gasteiger partial charge in [-0.3, -0.25) is 9.59 Å². The molecule has 0 bridgehead atoms. The maximum Gasteiger partial charge on any atom is 0.527 e. The number of hydrogen-bond donors (Lipinski definition) is 4. The van der Waals surface area contributed by atoms with Crippen molar-refractivity contribution >= 4 is 36.2 Å². The molecule has 6 amide bonds. The van der Waals surface area contributed by atoms with Gasteiger partial charge < -0.3 is 40.6 Å². The summed E-state index contributed by atoms with van der Waals surface area (Å²) >= 11 is 0. The summed E-state index contributed by atoms with van der Waals surface area (Å²) in [5.74, 6) is -1.55. The van der Waals surface area contributed by atoms with E-state index < -0.39 is 58.9 Å². The van der Waals surface area contributed by atoms with Gasteiger partial charge in [0.2, 0.25) is 5.91 Å². The molecule has 2 atom stereocenters. The fourth-order valence-electron chi connectivity index (χ4n) is 4.63. The third-order valence-corrected chi connectivity index (χ3v) is 7.16. The second kappa shape index (κ2) is 21.0. The van der Waals surface area contributed by atoms with Gasteiger partial charge in [0.05, 0.1) is 19.7 Å². The Kier molecular flexibility index (Phi) is 17.2. The predicted molar refractivity (Wildman–Crippen MR) is 182 cm³/mol. The van der Waals surface area contributed by atoms with E-state index in [9.17, 15) is 28.8 Å². The number of unbranched alkanes of at least 4 members (excludes halogenated alkanes) is 1.